The van der Waals surface area contributed by atoms with E-state index in [1.807, 2.05) is 0 Å². The first-order valence-electron chi connectivity index (χ1n) is 13.8. The second-order valence-electron chi connectivity index (χ2n) is 12.8. The molecule has 4 saturated carbocycles. The van der Waals surface area contributed by atoms with Crippen molar-refractivity contribution in [1.82, 2.24) is 0 Å². The smallest absolute Gasteiger partial charge is 0.146 e. The Kier molecular flexibility index (Phi) is 7.34. The van der Waals surface area contributed by atoms with Gasteiger partial charge in [-0.15, -0.1) is 0 Å². The first-order chi connectivity index (χ1) is 15.3. The van der Waals surface area contributed by atoms with Crippen LogP contribution in [0.2, 0.25) is 0 Å². The summed E-state index contributed by atoms with van der Waals surface area (Å²) in [6.45, 7) is 13.1. The number of nitrogens with zero attached hydrogens (tertiary/aromatic N) is 1. The Hall–Kier alpha value is -0.590. The van der Waals surface area contributed by atoms with E-state index in [1.165, 1.54) is 51.4 Å². The molecule has 4 aliphatic rings. The zero-order valence-electron chi connectivity index (χ0n) is 21.7. The molecule has 32 heavy (non-hydrogen) atoms. The predicted molar refractivity (Wildman–Crippen MR) is 130 cm³/mol. The van der Waals surface area contributed by atoms with Crippen molar-refractivity contribution in [2.45, 2.75) is 105 Å². The summed E-state index contributed by atoms with van der Waals surface area (Å²) in [6.07, 6.45) is 13.0. The molecule has 0 aromatic carbocycles. The molecule has 3 nitrogen and oxygen atoms in total. The van der Waals surface area contributed by atoms with Crippen molar-refractivity contribution in [2.75, 3.05) is 13.9 Å². The number of nitriles is 1. The summed E-state index contributed by atoms with van der Waals surface area (Å²) in [5.74, 6) is 5.99. The lowest BCUT2D eigenvalue weighted by atomic mass is 9.41. The van der Waals surface area contributed by atoms with Gasteiger partial charge in [0.25, 0.3) is 0 Å². The third-order valence-corrected chi connectivity index (χ3v) is 11.5. The Labute approximate surface area is 198 Å². The van der Waals surface area contributed by atoms with Crippen LogP contribution < -0.4 is 0 Å². The van der Waals surface area contributed by atoms with Gasteiger partial charge < -0.3 is 9.47 Å². The summed E-state index contributed by atoms with van der Waals surface area (Å²) in [4.78, 5) is 0. The third kappa shape index (κ3) is 3.86. The van der Waals surface area contributed by atoms with Crippen LogP contribution in [0.3, 0.4) is 0 Å². The molecule has 4 aliphatic carbocycles. The minimum atomic E-state index is 0.353. The molecule has 0 bridgehead atoms. The van der Waals surface area contributed by atoms with Gasteiger partial charge in [-0.1, -0.05) is 47.5 Å². The SMILES string of the molecule is CC[C@H]1C(OCOC)C2C3CC[C@H]([C@H](C)CCC#N)[C@@]3(C)CCC2[C@@]2(C)CC[C@@H](C)C[C@@H]12. The standard InChI is InChI=1S/C29H49NO2/c1-7-21-25-17-19(2)12-14-29(25,5)24-13-15-28(4)22(20(3)9-8-16-30)10-11-23(28)26(24)27(21)32-18-31-6/h19-27H,7-15,17-18H2,1-6H3/t19-,20-,21-,22-,23?,24?,25+,26?,27?,28-,29-/m1/s1. The quantitative estimate of drug-likeness (QED) is 0.384. The van der Waals surface area contributed by atoms with Crippen LogP contribution in [0.15, 0.2) is 0 Å². The fraction of sp³-hybridized carbons (Fsp3) is 0.966. The molecule has 0 amide bonds. The van der Waals surface area contributed by atoms with E-state index in [-0.39, 0.29) is 0 Å². The molecule has 0 spiro atoms. The first kappa shape index (κ1) is 24.5. The molecular weight excluding hydrogens is 394 g/mol. The van der Waals surface area contributed by atoms with Crippen LogP contribution in [0, 0.1) is 69.5 Å². The zero-order chi connectivity index (χ0) is 23.1. The number of hydrogen-bond donors (Lipinski definition) is 0. The maximum Gasteiger partial charge on any atom is 0.146 e. The van der Waals surface area contributed by atoms with Crippen LogP contribution in [0.25, 0.3) is 0 Å². The molecule has 4 rings (SSSR count). The van der Waals surface area contributed by atoms with Gasteiger partial charge in [0.2, 0.25) is 0 Å². The average molecular weight is 444 g/mol. The second-order valence-corrected chi connectivity index (χ2v) is 12.8. The third-order valence-electron chi connectivity index (χ3n) is 11.5. The van der Waals surface area contributed by atoms with Crippen molar-refractivity contribution in [1.29, 1.82) is 5.26 Å². The maximum absolute atomic E-state index is 9.16. The topological polar surface area (TPSA) is 42.2 Å². The molecule has 4 fully saturated rings. The van der Waals surface area contributed by atoms with Crippen LogP contribution in [0.4, 0.5) is 0 Å². The van der Waals surface area contributed by atoms with E-state index in [2.05, 4.69) is 40.7 Å². The van der Waals surface area contributed by atoms with Crippen molar-refractivity contribution in [3.05, 3.63) is 0 Å². The highest BCUT2D eigenvalue weighted by Crippen LogP contribution is 2.70. The van der Waals surface area contributed by atoms with Gasteiger partial charge in [0.05, 0.1) is 12.2 Å². The van der Waals surface area contributed by atoms with Gasteiger partial charge in [0, 0.05) is 13.5 Å². The van der Waals surface area contributed by atoms with Crippen molar-refractivity contribution >= 4 is 0 Å². The number of fused-ring (bicyclic) bond motifs is 5. The second kappa shape index (κ2) is 9.58. The largest absolute Gasteiger partial charge is 0.359 e. The summed E-state index contributed by atoms with van der Waals surface area (Å²) in [6, 6.07) is 2.40. The summed E-state index contributed by atoms with van der Waals surface area (Å²) >= 11 is 0. The van der Waals surface area contributed by atoms with Crippen molar-refractivity contribution < 1.29 is 9.47 Å². The Bertz CT molecular complexity index is 687. The molecule has 0 aromatic rings. The molecular formula is C29H49NO2. The lowest BCUT2D eigenvalue weighted by Gasteiger charge is -2.65. The average Bonchev–Trinajstić information content (AvgIpc) is 3.13. The summed E-state index contributed by atoms with van der Waals surface area (Å²) in [7, 11) is 1.78. The zero-order valence-corrected chi connectivity index (χ0v) is 21.7. The van der Waals surface area contributed by atoms with E-state index in [9.17, 15) is 0 Å². The number of rotatable bonds is 7. The van der Waals surface area contributed by atoms with Gasteiger partial charge in [-0.2, -0.15) is 5.26 Å². The first-order valence-corrected chi connectivity index (χ1v) is 13.8. The normalized spacial score (nSPS) is 48.9. The van der Waals surface area contributed by atoms with Crippen molar-refractivity contribution in [3.8, 4) is 6.07 Å². The fourth-order valence-corrected chi connectivity index (χ4v) is 9.99. The Balaban J connectivity index is 1.69. The van der Waals surface area contributed by atoms with Gasteiger partial charge >= 0.3 is 0 Å². The van der Waals surface area contributed by atoms with Gasteiger partial charge in [-0.05, 0) is 103 Å². The van der Waals surface area contributed by atoms with E-state index in [4.69, 9.17) is 14.7 Å². The van der Waals surface area contributed by atoms with Crippen LogP contribution in [-0.2, 0) is 9.47 Å². The van der Waals surface area contributed by atoms with Gasteiger partial charge in [-0.25, -0.2) is 0 Å². The molecule has 0 heterocycles. The molecule has 0 aliphatic heterocycles. The van der Waals surface area contributed by atoms with Gasteiger partial charge in [0.1, 0.15) is 6.79 Å². The monoisotopic (exact) mass is 443 g/mol. The van der Waals surface area contributed by atoms with E-state index < -0.39 is 0 Å². The molecule has 11 atom stereocenters. The van der Waals surface area contributed by atoms with E-state index in [0.717, 1.165) is 36.0 Å². The van der Waals surface area contributed by atoms with Gasteiger partial charge in [-0.3, -0.25) is 0 Å². The van der Waals surface area contributed by atoms with E-state index in [0.29, 0.717) is 47.9 Å². The molecule has 0 N–H and O–H groups in total. The van der Waals surface area contributed by atoms with Crippen molar-refractivity contribution in [2.24, 2.45) is 58.2 Å². The minimum Gasteiger partial charge on any atom is -0.359 e. The van der Waals surface area contributed by atoms with Crippen LogP contribution >= 0.6 is 0 Å². The van der Waals surface area contributed by atoms with Gasteiger partial charge in [0.15, 0.2) is 0 Å². The molecule has 4 unspecified atom stereocenters. The summed E-state index contributed by atoms with van der Waals surface area (Å²) < 4.78 is 12.2. The summed E-state index contributed by atoms with van der Waals surface area (Å²) in [5.41, 5.74) is 0.894. The highest BCUT2D eigenvalue weighted by molar-refractivity contribution is 5.13. The number of ether oxygens (including phenoxy) is 2. The van der Waals surface area contributed by atoms with E-state index >= 15 is 0 Å². The maximum atomic E-state index is 9.16. The molecule has 3 heteroatoms. The van der Waals surface area contributed by atoms with Crippen LogP contribution in [0.1, 0.15) is 98.8 Å². The lowest BCUT2D eigenvalue weighted by molar-refractivity contribution is -0.231. The number of methoxy groups -OCH3 is 1. The highest BCUT2D eigenvalue weighted by Gasteiger charge is 2.65. The highest BCUT2D eigenvalue weighted by atomic mass is 16.7. The Morgan fingerprint density at radius 2 is 1.75 bits per heavy atom. The molecule has 0 aromatic heterocycles. The molecule has 0 radical (unpaired) electrons. The fourth-order valence-electron chi connectivity index (χ4n) is 9.99. The van der Waals surface area contributed by atoms with Crippen LogP contribution in [-0.4, -0.2) is 20.0 Å². The minimum absolute atomic E-state index is 0.353. The van der Waals surface area contributed by atoms with Crippen LogP contribution in [0.5, 0.6) is 0 Å². The Morgan fingerprint density at radius 1 is 1.03 bits per heavy atom. The number of hydrogen-bond acceptors (Lipinski definition) is 3. The van der Waals surface area contributed by atoms with Crippen molar-refractivity contribution in [3.63, 3.8) is 0 Å². The molecule has 182 valence electrons. The predicted octanol–water partition coefficient (Wildman–Crippen LogP) is 7.46. The molecule has 0 saturated heterocycles. The summed E-state index contributed by atoms with van der Waals surface area (Å²) in [5, 5.41) is 9.16. The van der Waals surface area contributed by atoms with E-state index in [1.54, 1.807) is 7.11 Å². The lowest BCUT2D eigenvalue weighted by Crippen LogP contribution is -2.62. The Morgan fingerprint density at radius 3 is 2.44 bits per heavy atom.